The van der Waals surface area contributed by atoms with E-state index in [4.69, 9.17) is 9.84 Å². The van der Waals surface area contributed by atoms with Gasteiger partial charge in [0, 0.05) is 25.8 Å². The Bertz CT molecular complexity index is 198. The lowest BCUT2D eigenvalue weighted by Gasteiger charge is -2.30. The van der Waals surface area contributed by atoms with Crippen LogP contribution >= 0.6 is 0 Å². The molecule has 1 heterocycles. The van der Waals surface area contributed by atoms with E-state index < -0.39 is 0 Å². The minimum Gasteiger partial charge on any atom is -0.396 e. The molecule has 3 heteroatoms. The third-order valence-corrected chi connectivity index (χ3v) is 4.16. The highest BCUT2D eigenvalue weighted by molar-refractivity contribution is 4.80. The summed E-state index contributed by atoms with van der Waals surface area (Å²) >= 11 is 0. The Labute approximate surface area is 105 Å². The fourth-order valence-corrected chi connectivity index (χ4v) is 3.17. The van der Waals surface area contributed by atoms with E-state index in [1.165, 1.54) is 38.5 Å². The first-order chi connectivity index (χ1) is 8.40. The normalized spacial score (nSPS) is 26.1. The highest BCUT2D eigenvalue weighted by Gasteiger charge is 2.26. The van der Waals surface area contributed by atoms with Crippen LogP contribution in [0.2, 0.25) is 0 Å². The lowest BCUT2D eigenvalue weighted by atomic mass is 10.1. The minimum atomic E-state index is 0.332. The molecule has 2 rings (SSSR count). The van der Waals surface area contributed by atoms with Gasteiger partial charge in [-0.15, -0.1) is 0 Å². The van der Waals surface area contributed by atoms with Crippen LogP contribution in [0, 0.1) is 0 Å². The molecule has 1 aliphatic carbocycles. The summed E-state index contributed by atoms with van der Waals surface area (Å²) in [5.74, 6) is 0. The Balaban J connectivity index is 1.77. The highest BCUT2D eigenvalue weighted by atomic mass is 16.5. The number of ether oxygens (including phenoxy) is 1. The third kappa shape index (κ3) is 4.23. The molecule has 0 radical (unpaired) electrons. The van der Waals surface area contributed by atoms with Crippen molar-refractivity contribution in [2.45, 2.75) is 63.5 Å². The molecule has 1 N–H and O–H groups in total. The van der Waals surface area contributed by atoms with Gasteiger partial charge in [0.25, 0.3) is 0 Å². The Morgan fingerprint density at radius 3 is 2.53 bits per heavy atom. The molecule has 0 spiro atoms. The van der Waals surface area contributed by atoms with E-state index >= 15 is 0 Å². The molecule has 3 nitrogen and oxygen atoms in total. The summed E-state index contributed by atoms with van der Waals surface area (Å²) in [7, 11) is 0. The van der Waals surface area contributed by atoms with Crippen molar-refractivity contribution in [3.63, 3.8) is 0 Å². The Morgan fingerprint density at radius 2 is 1.88 bits per heavy atom. The molecule has 17 heavy (non-hydrogen) atoms. The van der Waals surface area contributed by atoms with Crippen molar-refractivity contribution in [3.05, 3.63) is 0 Å². The van der Waals surface area contributed by atoms with Gasteiger partial charge in [-0.1, -0.05) is 12.8 Å². The molecule has 1 saturated heterocycles. The topological polar surface area (TPSA) is 32.7 Å². The summed E-state index contributed by atoms with van der Waals surface area (Å²) in [5, 5.41) is 8.89. The number of unbranched alkanes of at least 4 members (excludes halogenated alkanes) is 1. The zero-order valence-electron chi connectivity index (χ0n) is 10.9. The predicted octanol–water partition coefficient (Wildman–Crippen LogP) is 2.18. The molecule has 0 amide bonds. The van der Waals surface area contributed by atoms with E-state index in [2.05, 4.69) is 4.90 Å². The summed E-state index contributed by atoms with van der Waals surface area (Å²) in [4.78, 5) is 2.64. The van der Waals surface area contributed by atoms with Gasteiger partial charge in [0.2, 0.25) is 0 Å². The van der Waals surface area contributed by atoms with Crippen molar-refractivity contribution in [3.8, 4) is 0 Å². The van der Waals surface area contributed by atoms with Crippen LogP contribution in [0.1, 0.15) is 51.4 Å². The number of hydrogen-bond donors (Lipinski definition) is 1. The van der Waals surface area contributed by atoms with Crippen molar-refractivity contribution >= 4 is 0 Å². The average Bonchev–Trinajstić information content (AvgIpc) is 3.01. The second-order valence-corrected chi connectivity index (χ2v) is 5.50. The van der Waals surface area contributed by atoms with E-state index in [1.54, 1.807) is 0 Å². The maximum Gasteiger partial charge on any atom is 0.0702 e. The van der Waals surface area contributed by atoms with Crippen LogP contribution in [-0.4, -0.2) is 48.5 Å². The van der Waals surface area contributed by atoms with Gasteiger partial charge in [-0.25, -0.2) is 0 Å². The van der Waals surface area contributed by atoms with E-state index in [1.807, 2.05) is 0 Å². The van der Waals surface area contributed by atoms with Gasteiger partial charge in [0.15, 0.2) is 0 Å². The summed E-state index contributed by atoms with van der Waals surface area (Å²) in [6, 6.07) is 0.790. The molecule has 1 atom stereocenters. The molecule has 0 aromatic rings. The lowest BCUT2D eigenvalue weighted by Crippen LogP contribution is -2.39. The molecule has 1 unspecified atom stereocenters. The van der Waals surface area contributed by atoms with Crippen LogP contribution < -0.4 is 0 Å². The molecule has 100 valence electrons. The maximum atomic E-state index is 8.89. The monoisotopic (exact) mass is 241 g/mol. The number of rotatable bonds is 7. The Hall–Kier alpha value is -0.120. The van der Waals surface area contributed by atoms with Gasteiger partial charge in [0.1, 0.15) is 0 Å². The number of nitrogens with zero attached hydrogens (tertiary/aromatic N) is 1. The fraction of sp³-hybridized carbons (Fsp3) is 1.00. The molecule has 0 bridgehead atoms. The quantitative estimate of drug-likeness (QED) is 0.694. The minimum absolute atomic E-state index is 0.332. The largest absolute Gasteiger partial charge is 0.396 e. The van der Waals surface area contributed by atoms with E-state index in [0.29, 0.717) is 12.7 Å². The fourth-order valence-electron chi connectivity index (χ4n) is 3.17. The second-order valence-electron chi connectivity index (χ2n) is 5.50. The summed E-state index contributed by atoms with van der Waals surface area (Å²) in [6.07, 6.45) is 10.5. The molecule has 0 aromatic heterocycles. The van der Waals surface area contributed by atoms with E-state index in [9.17, 15) is 0 Å². The zero-order chi connectivity index (χ0) is 11.9. The average molecular weight is 241 g/mol. The van der Waals surface area contributed by atoms with Gasteiger partial charge in [-0.3, -0.25) is 4.90 Å². The van der Waals surface area contributed by atoms with Crippen LogP contribution in [0.4, 0.5) is 0 Å². The predicted molar refractivity (Wildman–Crippen MR) is 69.1 cm³/mol. The first-order valence-electron chi connectivity index (χ1n) is 7.36. The van der Waals surface area contributed by atoms with Crippen molar-refractivity contribution < 1.29 is 9.84 Å². The van der Waals surface area contributed by atoms with E-state index in [0.717, 1.165) is 38.6 Å². The zero-order valence-corrected chi connectivity index (χ0v) is 10.9. The lowest BCUT2D eigenvalue weighted by molar-refractivity contribution is 0.0563. The summed E-state index contributed by atoms with van der Waals surface area (Å²) in [6.45, 7) is 3.55. The number of aliphatic hydroxyl groups excluding tert-OH is 1. The van der Waals surface area contributed by atoms with Crippen molar-refractivity contribution in [2.24, 2.45) is 0 Å². The smallest absolute Gasteiger partial charge is 0.0702 e. The van der Waals surface area contributed by atoms with Crippen molar-refractivity contribution in [2.75, 3.05) is 26.3 Å². The molecule has 2 aliphatic rings. The van der Waals surface area contributed by atoms with Crippen LogP contribution in [-0.2, 0) is 4.74 Å². The number of aliphatic hydroxyl groups is 1. The molecule has 0 aromatic carbocycles. The summed E-state index contributed by atoms with van der Waals surface area (Å²) in [5.41, 5.74) is 0. The maximum absolute atomic E-state index is 8.89. The van der Waals surface area contributed by atoms with Crippen LogP contribution in [0.15, 0.2) is 0 Å². The van der Waals surface area contributed by atoms with Gasteiger partial charge >= 0.3 is 0 Å². The Kier molecular flexibility index (Phi) is 5.75. The van der Waals surface area contributed by atoms with Gasteiger partial charge in [-0.05, 0) is 45.1 Å². The molecule has 2 fully saturated rings. The van der Waals surface area contributed by atoms with Crippen LogP contribution in [0.25, 0.3) is 0 Å². The first-order valence-corrected chi connectivity index (χ1v) is 7.36. The van der Waals surface area contributed by atoms with Crippen LogP contribution in [0.5, 0.6) is 0 Å². The summed E-state index contributed by atoms with van der Waals surface area (Å²) < 4.78 is 5.76. The highest BCUT2D eigenvalue weighted by Crippen LogP contribution is 2.25. The third-order valence-electron chi connectivity index (χ3n) is 4.16. The van der Waals surface area contributed by atoms with Crippen molar-refractivity contribution in [1.29, 1.82) is 0 Å². The van der Waals surface area contributed by atoms with E-state index in [-0.39, 0.29) is 0 Å². The standard InChI is InChI=1S/C14H27NO2/c16-10-4-3-9-15(13-6-1-2-7-13)12-14-8-5-11-17-14/h13-14,16H,1-12H2. The second kappa shape index (κ2) is 7.34. The molecular weight excluding hydrogens is 214 g/mol. The van der Waals surface area contributed by atoms with Crippen molar-refractivity contribution in [1.82, 2.24) is 4.90 Å². The van der Waals surface area contributed by atoms with Crippen LogP contribution in [0.3, 0.4) is 0 Å². The first kappa shape index (κ1) is 13.3. The van der Waals surface area contributed by atoms with Gasteiger partial charge < -0.3 is 9.84 Å². The number of hydrogen-bond acceptors (Lipinski definition) is 3. The Morgan fingerprint density at radius 1 is 1.06 bits per heavy atom. The SMILES string of the molecule is OCCCCN(CC1CCCO1)C1CCCC1. The molecule has 1 saturated carbocycles. The molecular formula is C14H27NO2. The van der Waals surface area contributed by atoms with Gasteiger partial charge in [-0.2, -0.15) is 0 Å². The van der Waals surface area contributed by atoms with Gasteiger partial charge in [0.05, 0.1) is 6.10 Å². The molecule has 1 aliphatic heterocycles.